The third-order valence-electron chi connectivity index (χ3n) is 2.05. The molecule has 0 saturated heterocycles. The molecule has 74 valence electrons. The van der Waals surface area contributed by atoms with Crippen molar-refractivity contribution >= 4 is 38.4 Å². The van der Waals surface area contributed by atoms with Crippen LogP contribution in [0.25, 0.3) is 21.7 Å². The smallest absolute Gasteiger partial charge is 0.181 e. The van der Waals surface area contributed by atoms with Crippen LogP contribution in [0.2, 0.25) is 0 Å². The molecule has 3 aromatic rings. The summed E-state index contributed by atoms with van der Waals surface area (Å²) in [6.07, 6.45) is 1.45. The van der Waals surface area contributed by atoms with Gasteiger partial charge in [-0.25, -0.2) is 9.97 Å². The first-order valence-electron chi connectivity index (χ1n) is 4.27. The summed E-state index contributed by atoms with van der Waals surface area (Å²) in [5.74, 6) is 0. The lowest BCUT2D eigenvalue weighted by molar-refractivity contribution is 0.602. The first-order valence-corrected chi connectivity index (χ1v) is 5.95. The fourth-order valence-corrected chi connectivity index (χ4v) is 2.63. The molecular formula is C10H5BrN2OS. The second kappa shape index (κ2) is 3.43. The normalized spacial score (nSPS) is 11.0. The predicted molar refractivity (Wildman–Crippen MR) is 62.8 cm³/mol. The summed E-state index contributed by atoms with van der Waals surface area (Å²) in [7, 11) is 0. The van der Waals surface area contributed by atoms with Crippen LogP contribution in [0.5, 0.6) is 0 Å². The Kier molecular flexibility index (Phi) is 2.07. The molecule has 0 N–H and O–H groups in total. The van der Waals surface area contributed by atoms with Crippen LogP contribution in [0.3, 0.4) is 0 Å². The third kappa shape index (κ3) is 1.57. The maximum atomic E-state index is 5.24. The van der Waals surface area contributed by atoms with Crippen molar-refractivity contribution in [3.8, 4) is 10.6 Å². The van der Waals surface area contributed by atoms with E-state index in [1.807, 2.05) is 23.6 Å². The third-order valence-corrected chi connectivity index (χ3v) is 3.66. The maximum Gasteiger partial charge on any atom is 0.181 e. The standard InChI is InChI=1S/C10H5BrN2OS/c11-9-4-15-10(13-9)6-1-2-7-8(3-6)14-5-12-7/h1-5H. The highest BCUT2D eigenvalue weighted by Gasteiger charge is 2.05. The molecule has 0 amide bonds. The van der Waals surface area contributed by atoms with E-state index in [4.69, 9.17) is 4.42 Å². The Morgan fingerprint density at radius 1 is 1.33 bits per heavy atom. The number of hydrogen-bond donors (Lipinski definition) is 0. The Morgan fingerprint density at radius 2 is 2.27 bits per heavy atom. The lowest BCUT2D eigenvalue weighted by Crippen LogP contribution is -1.75. The Hall–Kier alpha value is -1.20. The first kappa shape index (κ1) is 9.06. The number of oxazole rings is 1. The van der Waals surface area contributed by atoms with Crippen LogP contribution in [0.4, 0.5) is 0 Å². The summed E-state index contributed by atoms with van der Waals surface area (Å²) in [4.78, 5) is 8.41. The van der Waals surface area contributed by atoms with Crippen molar-refractivity contribution in [3.05, 3.63) is 34.6 Å². The Balaban J connectivity index is 2.18. The first-order chi connectivity index (χ1) is 7.33. The van der Waals surface area contributed by atoms with E-state index in [1.54, 1.807) is 11.3 Å². The largest absolute Gasteiger partial charge is 0.443 e. The highest BCUT2D eigenvalue weighted by molar-refractivity contribution is 9.10. The highest BCUT2D eigenvalue weighted by Crippen LogP contribution is 2.28. The summed E-state index contributed by atoms with van der Waals surface area (Å²) in [6, 6.07) is 5.88. The Bertz CT molecular complexity index is 616. The SMILES string of the molecule is Brc1csc(-c2ccc3ncoc3c2)n1. The van der Waals surface area contributed by atoms with Crippen LogP contribution < -0.4 is 0 Å². The molecule has 3 rings (SSSR count). The number of nitrogens with zero attached hydrogens (tertiary/aromatic N) is 2. The lowest BCUT2D eigenvalue weighted by atomic mass is 10.2. The molecule has 0 spiro atoms. The highest BCUT2D eigenvalue weighted by atomic mass is 79.9. The summed E-state index contributed by atoms with van der Waals surface area (Å²) >= 11 is 4.93. The topological polar surface area (TPSA) is 38.9 Å². The van der Waals surface area contributed by atoms with Gasteiger partial charge in [0.15, 0.2) is 12.0 Å². The van der Waals surface area contributed by atoms with Crippen molar-refractivity contribution in [3.63, 3.8) is 0 Å². The van der Waals surface area contributed by atoms with Gasteiger partial charge < -0.3 is 4.42 Å². The lowest BCUT2D eigenvalue weighted by Gasteiger charge is -1.94. The molecular weight excluding hydrogens is 276 g/mol. The van der Waals surface area contributed by atoms with Crippen LogP contribution in [-0.2, 0) is 0 Å². The Morgan fingerprint density at radius 3 is 3.07 bits per heavy atom. The molecule has 0 unspecified atom stereocenters. The molecule has 2 aromatic heterocycles. The molecule has 2 heterocycles. The predicted octanol–water partition coefficient (Wildman–Crippen LogP) is 3.71. The van der Waals surface area contributed by atoms with Gasteiger partial charge in [-0.05, 0) is 34.1 Å². The van der Waals surface area contributed by atoms with Crippen LogP contribution in [-0.4, -0.2) is 9.97 Å². The molecule has 0 bridgehead atoms. The summed E-state index contributed by atoms with van der Waals surface area (Å²) in [5.41, 5.74) is 2.71. The molecule has 0 atom stereocenters. The van der Waals surface area contributed by atoms with E-state index < -0.39 is 0 Å². The summed E-state index contributed by atoms with van der Waals surface area (Å²) in [6.45, 7) is 0. The van der Waals surface area contributed by atoms with Gasteiger partial charge in [-0.15, -0.1) is 11.3 Å². The fraction of sp³-hybridized carbons (Fsp3) is 0. The van der Waals surface area contributed by atoms with Crippen molar-refractivity contribution in [1.29, 1.82) is 0 Å². The molecule has 0 fully saturated rings. The van der Waals surface area contributed by atoms with Crippen LogP contribution >= 0.6 is 27.3 Å². The molecule has 0 saturated carbocycles. The van der Waals surface area contributed by atoms with E-state index in [1.165, 1.54) is 6.39 Å². The maximum absolute atomic E-state index is 5.24. The van der Waals surface area contributed by atoms with Crippen molar-refractivity contribution < 1.29 is 4.42 Å². The summed E-state index contributed by atoms with van der Waals surface area (Å²) in [5, 5.41) is 2.93. The minimum atomic E-state index is 0.791. The fourth-order valence-electron chi connectivity index (χ4n) is 1.37. The number of fused-ring (bicyclic) bond motifs is 1. The van der Waals surface area contributed by atoms with E-state index in [0.717, 1.165) is 26.3 Å². The minimum Gasteiger partial charge on any atom is -0.443 e. The van der Waals surface area contributed by atoms with Gasteiger partial charge in [0.2, 0.25) is 0 Å². The zero-order chi connectivity index (χ0) is 10.3. The average molecular weight is 281 g/mol. The zero-order valence-electron chi connectivity index (χ0n) is 7.48. The van der Waals surface area contributed by atoms with Gasteiger partial charge in [-0.3, -0.25) is 0 Å². The molecule has 15 heavy (non-hydrogen) atoms. The van der Waals surface area contributed by atoms with Crippen molar-refractivity contribution in [2.45, 2.75) is 0 Å². The van der Waals surface area contributed by atoms with E-state index in [2.05, 4.69) is 25.9 Å². The molecule has 0 aliphatic rings. The molecule has 0 aliphatic heterocycles. The quantitative estimate of drug-likeness (QED) is 0.682. The van der Waals surface area contributed by atoms with Crippen molar-refractivity contribution in [1.82, 2.24) is 9.97 Å². The van der Waals surface area contributed by atoms with E-state index in [-0.39, 0.29) is 0 Å². The number of thiazole rings is 1. The van der Waals surface area contributed by atoms with Crippen molar-refractivity contribution in [2.75, 3.05) is 0 Å². The number of rotatable bonds is 1. The second-order valence-corrected chi connectivity index (χ2v) is 4.68. The molecule has 3 nitrogen and oxygen atoms in total. The van der Waals surface area contributed by atoms with Gasteiger partial charge in [-0.2, -0.15) is 0 Å². The van der Waals surface area contributed by atoms with Gasteiger partial charge in [0.05, 0.1) is 0 Å². The number of aromatic nitrogens is 2. The van der Waals surface area contributed by atoms with E-state index >= 15 is 0 Å². The summed E-state index contributed by atoms with van der Waals surface area (Å²) < 4.78 is 6.10. The number of benzene rings is 1. The average Bonchev–Trinajstić information content (AvgIpc) is 2.84. The van der Waals surface area contributed by atoms with Crippen molar-refractivity contribution in [2.24, 2.45) is 0 Å². The second-order valence-electron chi connectivity index (χ2n) is 3.01. The van der Waals surface area contributed by atoms with Gasteiger partial charge in [0, 0.05) is 10.9 Å². The van der Waals surface area contributed by atoms with Gasteiger partial charge >= 0.3 is 0 Å². The number of hydrogen-bond acceptors (Lipinski definition) is 4. The van der Waals surface area contributed by atoms with E-state index in [9.17, 15) is 0 Å². The number of halogens is 1. The molecule has 1 aromatic carbocycles. The van der Waals surface area contributed by atoms with Gasteiger partial charge in [0.1, 0.15) is 15.1 Å². The molecule has 0 radical (unpaired) electrons. The monoisotopic (exact) mass is 280 g/mol. The molecule has 5 heteroatoms. The van der Waals surface area contributed by atoms with Gasteiger partial charge in [0.25, 0.3) is 0 Å². The van der Waals surface area contributed by atoms with Gasteiger partial charge in [-0.1, -0.05) is 0 Å². The van der Waals surface area contributed by atoms with Crippen LogP contribution in [0.15, 0.2) is 39.0 Å². The minimum absolute atomic E-state index is 0.791. The Labute approximate surface area is 97.9 Å². The van der Waals surface area contributed by atoms with E-state index in [0.29, 0.717) is 0 Å². The zero-order valence-corrected chi connectivity index (χ0v) is 9.88. The molecule has 0 aliphatic carbocycles. The van der Waals surface area contributed by atoms with Crippen LogP contribution in [0.1, 0.15) is 0 Å². The van der Waals surface area contributed by atoms with Crippen LogP contribution in [0, 0.1) is 0 Å².